The molecule has 0 radical (unpaired) electrons. The van der Waals surface area contributed by atoms with Crippen molar-refractivity contribution in [3.8, 4) is 17.1 Å². The zero-order valence-electron chi connectivity index (χ0n) is 23.9. The maximum Gasteiger partial charge on any atom is 0.319 e. The first-order valence-electron chi connectivity index (χ1n) is 15.2. The molecular formula is C34H33ClFN5O2. The number of benzene rings is 3. The van der Waals surface area contributed by atoms with Crippen LogP contribution in [0.5, 0.6) is 6.01 Å². The topological polar surface area (TPSA) is 61.8 Å². The first kappa shape index (κ1) is 26.8. The van der Waals surface area contributed by atoms with Crippen LogP contribution in [-0.2, 0) is 4.79 Å². The number of hydrogen-bond donors (Lipinski definition) is 0. The molecule has 9 heteroatoms. The third-order valence-corrected chi connectivity index (χ3v) is 10.6. The number of nitrogens with zero attached hydrogens (tertiary/aromatic N) is 5. The van der Waals surface area contributed by atoms with Gasteiger partial charge in [0.1, 0.15) is 18.2 Å². The quantitative estimate of drug-likeness (QED) is 0.246. The highest BCUT2D eigenvalue weighted by Crippen LogP contribution is 2.42. The minimum Gasteiger partial charge on any atom is -0.461 e. The summed E-state index contributed by atoms with van der Waals surface area (Å²) in [6, 6.07) is 15.8. The lowest BCUT2D eigenvalue weighted by Gasteiger charge is -2.47. The monoisotopic (exact) mass is 597 g/mol. The molecule has 1 amide bonds. The zero-order chi connectivity index (χ0) is 29.3. The molecule has 4 saturated heterocycles. The van der Waals surface area contributed by atoms with Gasteiger partial charge in [-0.1, -0.05) is 48.5 Å². The van der Waals surface area contributed by atoms with Crippen molar-refractivity contribution in [2.24, 2.45) is 0 Å². The van der Waals surface area contributed by atoms with Crippen LogP contribution in [0.2, 0.25) is 5.02 Å². The molecule has 2 atom stereocenters. The predicted molar refractivity (Wildman–Crippen MR) is 167 cm³/mol. The first-order chi connectivity index (χ1) is 21.0. The van der Waals surface area contributed by atoms with E-state index in [0.717, 1.165) is 65.6 Å². The van der Waals surface area contributed by atoms with Crippen molar-refractivity contribution in [3.05, 3.63) is 72.0 Å². The maximum atomic E-state index is 14.5. The summed E-state index contributed by atoms with van der Waals surface area (Å²) in [5.74, 6) is 0.369. The van der Waals surface area contributed by atoms with Crippen molar-refractivity contribution >= 4 is 45.0 Å². The summed E-state index contributed by atoms with van der Waals surface area (Å²) in [6.07, 6.45) is 6.95. The van der Waals surface area contributed by atoms with E-state index in [4.69, 9.17) is 26.3 Å². The normalized spacial score (nSPS) is 22.6. The minimum atomic E-state index is -0.442. The van der Waals surface area contributed by atoms with Gasteiger partial charge in [0.25, 0.3) is 0 Å². The van der Waals surface area contributed by atoms with E-state index in [0.29, 0.717) is 31.1 Å². The van der Waals surface area contributed by atoms with E-state index in [1.165, 1.54) is 25.0 Å². The van der Waals surface area contributed by atoms with Gasteiger partial charge in [0.05, 0.1) is 28.2 Å². The van der Waals surface area contributed by atoms with Crippen LogP contribution in [0, 0.1) is 5.82 Å². The Bertz CT molecular complexity index is 1790. The number of amides is 1. The molecule has 4 aromatic rings. The van der Waals surface area contributed by atoms with Gasteiger partial charge in [-0.3, -0.25) is 9.69 Å². The Labute approximate surface area is 254 Å². The van der Waals surface area contributed by atoms with E-state index in [1.807, 2.05) is 41.3 Å². The fraction of sp³-hybridized carbons (Fsp3) is 0.382. The summed E-state index contributed by atoms with van der Waals surface area (Å²) >= 11 is 6.50. The average molecular weight is 598 g/mol. The maximum absolute atomic E-state index is 14.5. The highest BCUT2D eigenvalue weighted by molar-refractivity contribution is 6.36. The Hall–Kier alpha value is -3.75. The first-order valence-corrected chi connectivity index (χ1v) is 15.6. The minimum absolute atomic E-state index is 0.0181. The number of likely N-dealkylation sites (tertiary alicyclic amines) is 1. The van der Waals surface area contributed by atoms with E-state index < -0.39 is 5.82 Å². The molecule has 0 bridgehead atoms. The van der Waals surface area contributed by atoms with Gasteiger partial charge in [-0.25, -0.2) is 4.39 Å². The van der Waals surface area contributed by atoms with Crippen molar-refractivity contribution in [3.63, 3.8) is 0 Å². The number of anilines is 1. The molecule has 4 aliphatic heterocycles. The third-order valence-electron chi connectivity index (χ3n) is 10.2. The largest absolute Gasteiger partial charge is 0.461 e. The lowest BCUT2D eigenvalue weighted by Crippen LogP contribution is -2.63. The smallest absolute Gasteiger partial charge is 0.319 e. The zero-order valence-corrected chi connectivity index (χ0v) is 24.7. The Morgan fingerprint density at radius 3 is 2.74 bits per heavy atom. The predicted octanol–water partition coefficient (Wildman–Crippen LogP) is 6.23. The van der Waals surface area contributed by atoms with Crippen molar-refractivity contribution in [1.82, 2.24) is 19.8 Å². The van der Waals surface area contributed by atoms with E-state index in [1.54, 1.807) is 6.07 Å². The van der Waals surface area contributed by atoms with Crippen LogP contribution in [0.4, 0.5) is 10.2 Å². The van der Waals surface area contributed by atoms with Crippen LogP contribution >= 0.6 is 11.6 Å². The van der Waals surface area contributed by atoms with Gasteiger partial charge >= 0.3 is 6.01 Å². The van der Waals surface area contributed by atoms with Crippen LogP contribution in [-0.4, -0.2) is 76.1 Å². The van der Waals surface area contributed by atoms with Crippen LogP contribution in [0.3, 0.4) is 0 Å². The standard InChI is InChI=1S/C34H33ClFN5O2/c1-2-29(42)40-17-12-27-28(40)19-41(27)32-24-10-8-22(23-7-3-6-21-9-11-25(36)31(35)30(21)23)18-26(24)37-33(38-32)43-20-34-13-4-15-39(34)16-5-14-34/h2-3,6-11,18,27-28H,1,4-5,12-17,19-20H2/t27?,28-/m1/s1. The second-order valence-electron chi connectivity index (χ2n) is 12.3. The molecule has 3 aromatic carbocycles. The van der Waals surface area contributed by atoms with Gasteiger partial charge in [0.2, 0.25) is 5.91 Å². The number of hydrogen-bond acceptors (Lipinski definition) is 6. The summed E-state index contributed by atoms with van der Waals surface area (Å²) in [6.45, 7) is 7.92. The second kappa shape index (κ2) is 10.2. The van der Waals surface area contributed by atoms with Crippen LogP contribution < -0.4 is 9.64 Å². The van der Waals surface area contributed by atoms with E-state index >= 15 is 0 Å². The van der Waals surface area contributed by atoms with Crippen molar-refractivity contribution in [1.29, 1.82) is 0 Å². The fourth-order valence-corrected chi connectivity index (χ4v) is 8.28. The summed E-state index contributed by atoms with van der Waals surface area (Å²) in [7, 11) is 0. The Kier molecular flexibility index (Phi) is 6.35. The summed E-state index contributed by atoms with van der Waals surface area (Å²) in [5, 5.41) is 2.59. The molecule has 43 heavy (non-hydrogen) atoms. The number of fused-ring (bicyclic) bond motifs is 4. The third kappa shape index (κ3) is 4.21. The highest BCUT2D eigenvalue weighted by Gasteiger charge is 2.49. The fourth-order valence-electron chi connectivity index (χ4n) is 8.01. The van der Waals surface area contributed by atoms with E-state index in [-0.39, 0.29) is 28.6 Å². The lowest BCUT2D eigenvalue weighted by molar-refractivity contribution is -0.127. The SMILES string of the molecule is C=CC(=O)N1CCC2[C@H]1CN2c1nc(OCC23CCCN2CCC3)nc2cc(-c3cccc4ccc(F)c(Cl)c34)ccc12. The van der Waals surface area contributed by atoms with Crippen molar-refractivity contribution < 1.29 is 13.9 Å². The van der Waals surface area contributed by atoms with E-state index in [9.17, 15) is 9.18 Å². The van der Waals surface area contributed by atoms with Crippen LogP contribution in [0.15, 0.2) is 61.2 Å². The van der Waals surface area contributed by atoms with Gasteiger partial charge in [-0.05, 0) is 86.0 Å². The number of aromatic nitrogens is 2. The van der Waals surface area contributed by atoms with E-state index in [2.05, 4.69) is 16.4 Å². The molecule has 8 rings (SSSR count). The van der Waals surface area contributed by atoms with Gasteiger partial charge < -0.3 is 14.5 Å². The Morgan fingerprint density at radius 1 is 1.09 bits per heavy atom. The van der Waals surface area contributed by atoms with Crippen LogP contribution in [0.25, 0.3) is 32.8 Å². The second-order valence-corrected chi connectivity index (χ2v) is 12.7. The summed E-state index contributed by atoms with van der Waals surface area (Å²) in [4.78, 5) is 29.1. The van der Waals surface area contributed by atoms with Gasteiger partial charge in [0, 0.05) is 23.9 Å². The van der Waals surface area contributed by atoms with Crippen molar-refractivity contribution in [2.75, 3.05) is 37.7 Å². The molecule has 220 valence electrons. The molecule has 0 N–H and O–H groups in total. The number of carbonyl (C=O) groups excluding carboxylic acids is 1. The summed E-state index contributed by atoms with van der Waals surface area (Å²) in [5.41, 5.74) is 2.57. The summed E-state index contributed by atoms with van der Waals surface area (Å²) < 4.78 is 21.0. The molecular weight excluding hydrogens is 565 g/mol. The molecule has 0 saturated carbocycles. The molecule has 5 heterocycles. The van der Waals surface area contributed by atoms with Gasteiger partial charge in [0.15, 0.2) is 0 Å². The molecule has 0 aliphatic carbocycles. The van der Waals surface area contributed by atoms with Gasteiger partial charge in [-0.15, -0.1) is 0 Å². The lowest BCUT2D eigenvalue weighted by atomic mass is 9.95. The highest BCUT2D eigenvalue weighted by atomic mass is 35.5. The number of ether oxygens (including phenoxy) is 1. The molecule has 1 aromatic heterocycles. The number of carbonyl (C=O) groups is 1. The number of halogens is 2. The number of rotatable bonds is 6. The van der Waals surface area contributed by atoms with Crippen LogP contribution in [0.1, 0.15) is 32.1 Å². The van der Waals surface area contributed by atoms with Crippen molar-refractivity contribution in [2.45, 2.75) is 49.7 Å². The molecule has 0 spiro atoms. The molecule has 4 aliphatic rings. The average Bonchev–Trinajstić information content (AvgIpc) is 3.69. The van der Waals surface area contributed by atoms with Gasteiger partial charge in [-0.2, -0.15) is 9.97 Å². The molecule has 7 nitrogen and oxygen atoms in total. The molecule has 1 unspecified atom stereocenters. The molecule has 4 fully saturated rings. The Morgan fingerprint density at radius 2 is 1.93 bits per heavy atom. The Balaban J connectivity index is 1.20.